The van der Waals surface area contributed by atoms with E-state index in [1.807, 2.05) is 181 Å². The number of nitriles is 2. The van der Waals surface area contributed by atoms with Crippen LogP contribution in [0.1, 0.15) is 86.2 Å². The van der Waals surface area contributed by atoms with Crippen LogP contribution in [0, 0.1) is 28.1 Å². The lowest BCUT2D eigenvalue weighted by atomic mass is 9.59. The van der Waals surface area contributed by atoms with E-state index in [1.54, 1.807) is 17.0 Å². The summed E-state index contributed by atoms with van der Waals surface area (Å²) in [6.07, 6.45) is 0. The van der Waals surface area contributed by atoms with Crippen molar-refractivity contribution in [3.05, 3.63) is 285 Å². The van der Waals surface area contributed by atoms with E-state index >= 15 is 13.2 Å². The molecule has 0 radical (unpaired) electrons. The van der Waals surface area contributed by atoms with Gasteiger partial charge in [0.1, 0.15) is 12.1 Å². The minimum Gasteiger partial charge on any atom is -0.308 e. The molecule has 3 aliphatic heterocycles. The van der Waals surface area contributed by atoms with Crippen molar-refractivity contribution in [2.24, 2.45) is 5.41 Å². The van der Waals surface area contributed by atoms with E-state index < -0.39 is 33.4 Å². The van der Waals surface area contributed by atoms with Crippen LogP contribution in [0.5, 0.6) is 0 Å². The number of hydrogen-bond acceptors (Lipinski definition) is 4. The normalized spacial score (nSPS) is 18.5. The van der Waals surface area contributed by atoms with E-state index in [2.05, 4.69) is 36.4 Å². The van der Waals surface area contributed by atoms with Crippen LogP contribution >= 0.6 is 0 Å². The predicted molar refractivity (Wildman–Crippen MR) is 269 cm³/mol. The lowest BCUT2D eigenvalue weighted by molar-refractivity contribution is -0.150. The zero-order valence-corrected chi connectivity index (χ0v) is 38.1. The lowest BCUT2D eigenvalue weighted by Gasteiger charge is -2.52. The molecule has 334 valence electrons. The molecule has 13 rings (SSSR count). The molecule has 0 N–H and O–H groups in total. The molecular weight excluding hydrogens is 870 g/mol. The summed E-state index contributed by atoms with van der Waals surface area (Å²) in [7, 11) is 0. The molecule has 4 aliphatic rings. The van der Waals surface area contributed by atoms with E-state index in [0.29, 0.717) is 28.3 Å². The van der Waals surface area contributed by atoms with Gasteiger partial charge in [-0.2, -0.15) is 10.5 Å². The Balaban J connectivity index is 1.19. The van der Waals surface area contributed by atoms with Crippen LogP contribution in [-0.2, 0) is 22.4 Å². The number of alkyl halides is 3. The van der Waals surface area contributed by atoms with Crippen molar-refractivity contribution in [1.29, 1.82) is 10.5 Å². The Kier molecular flexibility index (Phi) is 8.56. The second-order valence-electron chi connectivity index (χ2n) is 19.2. The molecule has 0 saturated carbocycles. The number of anilines is 6. The maximum atomic E-state index is 20.3. The summed E-state index contributed by atoms with van der Waals surface area (Å²) in [4.78, 5) is 3.53. The van der Waals surface area contributed by atoms with Crippen LogP contribution in [0.15, 0.2) is 212 Å². The number of nitrogens with zero attached hydrogens (tertiary/aromatic N) is 4. The maximum Gasteiger partial charge on any atom is 0.284 e. The number of para-hydroxylation sites is 4. The Morgan fingerprint density at radius 3 is 1.10 bits per heavy atom. The molecule has 70 heavy (non-hydrogen) atoms. The van der Waals surface area contributed by atoms with Crippen molar-refractivity contribution in [3.63, 3.8) is 0 Å². The number of halogens is 3. The van der Waals surface area contributed by atoms with Crippen molar-refractivity contribution in [3.8, 4) is 12.1 Å². The highest BCUT2D eigenvalue weighted by Crippen LogP contribution is 2.77. The fraction of sp³-hybridized carbons (Fsp3) is 0.111. The van der Waals surface area contributed by atoms with Gasteiger partial charge >= 0.3 is 0 Å². The predicted octanol–water partition coefficient (Wildman–Crippen LogP) is 15.4. The van der Waals surface area contributed by atoms with Gasteiger partial charge in [-0.05, 0) is 76.6 Å². The molecule has 1 unspecified atom stereocenters. The molecule has 7 heteroatoms. The topological polar surface area (TPSA) is 54.1 Å². The van der Waals surface area contributed by atoms with Crippen molar-refractivity contribution in [2.75, 3.05) is 9.80 Å². The highest BCUT2D eigenvalue weighted by Gasteiger charge is 2.75. The first-order chi connectivity index (χ1) is 34.1. The summed E-state index contributed by atoms with van der Waals surface area (Å²) in [5.41, 5.74) is -0.239. The van der Waals surface area contributed by atoms with Crippen molar-refractivity contribution in [2.45, 2.75) is 36.3 Å². The van der Waals surface area contributed by atoms with Crippen molar-refractivity contribution in [1.82, 2.24) is 0 Å². The van der Waals surface area contributed by atoms with Gasteiger partial charge in [0.2, 0.25) is 0 Å². The van der Waals surface area contributed by atoms with Gasteiger partial charge in [-0.1, -0.05) is 194 Å². The molecule has 4 nitrogen and oxygen atoms in total. The first-order valence-electron chi connectivity index (χ1n) is 23.5. The summed E-state index contributed by atoms with van der Waals surface area (Å²) in [5, 5.41) is 23.5. The highest BCUT2D eigenvalue weighted by molar-refractivity contribution is 6.03. The van der Waals surface area contributed by atoms with Crippen LogP contribution < -0.4 is 9.80 Å². The van der Waals surface area contributed by atoms with E-state index in [9.17, 15) is 10.5 Å². The molecule has 1 aliphatic carbocycles. The molecule has 0 saturated heterocycles. The minimum absolute atomic E-state index is 0.0471. The molecule has 0 bridgehead atoms. The summed E-state index contributed by atoms with van der Waals surface area (Å²) >= 11 is 0. The molecule has 0 aromatic heterocycles. The monoisotopic (exact) mass is 910 g/mol. The summed E-state index contributed by atoms with van der Waals surface area (Å²) in [6.45, 7) is 2.58. The van der Waals surface area contributed by atoms with Gasteiger partial charge in [-0.25, -0.2) is 13.2 Å². The molecule has 0 fully saturated rings. The van der Waals surface area contributed by atoms with Crippen LogP contribution in [-0.4, -0.2) is 0 Å². The lowest BCUT2D eigenvalue weighted by Crippen LogP contribution is -2.47. The fourth-order valence-corrected chi connectivity index (χ4v) is 13.0. The van der Waals surface area contributed by atoms with Crippen LogP contribution in [0.2, 0.25) is 0 Å². The Labute approximate surface area is 404 Å². The standard InChI is InChI=1S/C63H41F3N4/c1-59(2)62(64)50-34-21-33-49-58(50)70(53-37-20-17-32-48(53)61(49,42-26-11-5-12-27-42)43-28-13-6-14-29-43)56-44(38-67)45(39-68)57(55(54(56)62)63(59,65)66)69-51-35-18-15-30-46(51)60(40-22-7-3-8-23-40,41-24-9-4-10-25-41)47-31-16-19-36-52(47)69/h3-37H,1-2H3. The zero-order valence-electron chi connectivity index (χ0n) is 38.1. The SMILES string of the molecule is CC1(C)C(F)(F)c2c(N3c4ccccc4C(c4ccccc4)(c4ccccc4)c4ccccc43)c(C#N)c(C#N)c3c2C1(F)c1cccc2c1N3c1ccccc1C2(c1ccccc1)c1ccccc1. The second-order valence-corrected chi connectivity index (χ2v) is 19.2. The fourth-order valence-electron chi connectivity index (χ4n) is 13.0. The number of hydrogen-bond donors (Lipinski definition) is 0. The third-order valence-electron chi connectivity index (χ3n) is 15.9. The number of fused-ring (bicyclic) bond motifs is 6. The van der Waals surface area contributed by atoms with Crippen molar-refractivity contribution >= 4 is 34.1 Å². The minimum atomic E-state index is -3.93. The third kappa shape index (κ3) is 4.75. The molecular formula is C63H41F3N4. The highest BCUT2D eigenvalue weighted by atomic mass is 19.3. The molecule has 9 aromatic carbocycles. The second kappa shape index (κ2) is 14.4. The summed E-state index contributed by atoms with van der Waals surface area (Å²) in [6, 6.07) is 73.3. The van der Waals surface area contributed by atoms with Gasteiger partial charge < -0.3 is 9.80 Å². The first-order valence-corrected chi connectivity index (χ1v) is 23.5. The first kappa shape index (κ1) is 41.5. The maximum absolute atomic E-state index is 20.3. The molecule has 9 aromatic rings. The Hall–Kier alpha value is -8.65. The number of rotatable bonds is 5. The van der Waals surface area contributed by atoms with Crippen LogP contribution in [0.3, 0.4) is 0 Å². The van der Waals surface area contributed by atoms with Crippen LogP contribution in [0.25, 0.3) is 0 Å². The largest absolute Gasteiger partial charge is 0.308 e. The smallest absolute Gasteiger partial charge is 0.284 e. The van der Waals surface area contributed by atoms with Gasteiger partial charge in [-0.15, -0.1) is 0 Å². The number of benzene rings is 9. The molecule has 0 spiro atoms. The van der Waals surface area contributed by atoms with Gasteiger partial charge in [0, 0.05) is 11.1 Å². The molecule has 0 amide bonds. The Morgan fingerprint density at radius 2 is 0.686 bits per heavy atom. The molecule has 3 heterocycles. The average Bonchev–Trinajstić information content (AvgIpc) is 3.54. The summed E-state index contributed by atoms with van der Waals surface area (Å²) in [5.74, 6) is -3.93. The van der Waals surface area contributed by atoms with Gasteiger partial charge in [-0.3, -0.25) is 0 Å². The van der Waals surface area contributed by atoms with E-state index in [1.165, 1.54) is 13.8 Å². The Morgan fingerprint density at radius 1 is 0.357 bits per heavy atom. The summed E-state index contributed by atoms with van der Waals surface area (Å²) < 4.78 is 58.2. The zero-order chi connectivity index (χ0) is 47.8. The van der Waals surface area contributed by atoms with Gasteiger partial charge in [0.25, 0.3) is 5.92 Å². The van der Waals surface area contributed by atoms with Crippen molar-refractivity contribution < 1.29 is 13.2 Å². The average molecular weight is 911 g/mol. The van der Waals surface area contributed by atoms with E-state index in [0.717, 1.165) is 38.9 Å². The Bertz CT molecular complexity index is 3600. The molecule has 1 atom stereocenters. The van der Waals surface area contributed by atoms with Gasteiger partial charge in [0.05, 0.1) is 67.1 Å². The van der Waals surface area contributed by atoms with Crippen LogP contribution in [0.4, 0.5) is 47.3 Å². The quantitative estimate of drug-likeness (QED) is 0.173. The van der Waals surface area contributed by atoms with E-state index in [-0.39, 0.29) is 33.6 Å². The van der Waals surface area contributed by atoms with Gasteiger partial charge in [0.15, 0.2) is 5.67 Å². The van der Waals surface area contributed by atoms with E-state index in [4.69, 9.17) is 0 Å². The third-order valence-corrected chi connectivity index (χ3v) is 15.9.